The van der Waals surface area contributed by atoms with Crippen molar-refractivity contribution in [1.29, 1.82) is 0 Å². The smallest absolute Gasteiger partial charge is 0.0316 e. The first-order chi connectivity index (χ1) is 9.03. The van der Waals surface area contributed by atoms with Crippen molar-refractivity contribution in [3.63, 3.8) is 0 Å². The Morgan fingerprint density at radius 1 is 1.32 bits per heavy atom. The second-order valence-corrected chi connectivity index (χ2v) is 8.02. The molecule has 1 N–H and O–H groups in total. The molecule has 0 aromatic heterocycles. The number of allylic oxidation sites excluding steroid dienone is 2. The molecule has 1 aliphatic rings. The molecule has 1 saturated carbocycles. The van der Waals surface area contributed by atoms with Crippen molar-refractivity contribution in [3.05, 3.63) is 11.6 Å². The second-order valence-electron chi connectivity index (χ2n) is 6.52. The van der Waals surface area contributed by atoms with E-state index in [0.29, 0.717) is 5.41 Å². The highest BCUT2D eigenvalue weighted by Gasteiger charge is 2.36. The van der Waals surface area contributed by atoms with Crippen LogP contribution in [0.3, 0.4) is 0 Å². The Kier molecular flexibility index (Phi) is 7.97. The van der Waals surface area contributed by atoms with Gasteiger partial charge in [-0.05, 0) is 64.0 Å². The minimum atomic E-state index is 0.599. The largest absolute Gasteiger partial charge is 0.319 e. The molecule has 1 fully saturated rings. The Bertz CT molecular complexity index is 279. The van der Waals surface area contributed by atoms with E-state index in [4.69, 9.17) is 0 Å². The molecule has 1 nitrogen and oxygen atoms in total. The van der Waals surface area contributed by atoms with Gasteiger partial charge in [-0.25, -0.2) is 0 Å². The first kappa shape index (κ1) is 17.5. The Morgan fingerprint density at radius 2 is 1.95 bits per heavy atom. The van der Waals surface area contributed by atoms with Gasteiger partial charge in [-0.15, -0.1) is 0 Å². The zero-order valence-electron chi connectivity index (χ0n) is 13.3. The third-order valence-corrected chi connectivity index (χ3v) is 6.58. The van der Waals surface area contributed by atoms with Crippen LogP contribution in [0, 0.1) is 11.3 Å². The van der Waals surface area contributed by atoms with Gasteiger partial charge in [-0.3, -0.25) is 0 Å². The monoisotopic (exact) mass is 377 g/mol. The quantitative estimate of drug-likeness (QED) is 0.342. The zero-order chi connectivity index (χ0) is 14.3. The van der Waals surface area contributed by atoms with E-state index in [-0.39, 0.29) is 0 Å². The molecule has 0 aromatic carbocycles. The van der Waals surface area contributed by atoms with Crippen molar-refractivity contribution in [2.75, 3.05) is 13.6 Å². The molecule has 0 aromatic rings. The van der Waals surface area contributed by atoms with E-state index in [9.17, 15) is 0 Å². The summed E-state index contributed by atoms with van der Waals surface area (Å²) in [4.78, 5) is 0. The molecule has 2 unspecified atom stereocenters. The predicted octanol–water partition coefficient (Wildman–Crippen LogP) is 5.34. The van der Waals surface area contributed by atoms with E-state index >= 15 is 0 Å². The number of halogens is 1. The summed E-state index contributed by atoms with van der Waals surface area (Å²) in [6, 6.07) is 0. The summed E-state index contributed by atoms with van der Waals surface area (Å²) < 4.78 is 0.724. The highest BCUT2D eigenvalue weighted by atomic mass is 127. The van der Waals surface area contributed by atoms with E-state index in [1.54, 1.807) is 5.57 Å². The van der Waals surface area contributed by atoms with Crippen LogP contribution in [-0.2, 0) is 0 Å². The predicted molar refractivity (Wildman–Crippen MR) is 95.1 cm³/mol. The SMILES string of the molecule is CC/C=C(\C)C(I)CCC(CNC)C1(C)CCCC1. The zero-order valence-corrected chi connectivity index (χ0v) is 15.4. The number of alkyl halides is 1. The minimum absolute atomic E-state index is 0.599. The van der Waals surface area contributed by atoms with Gasteiger partial charge in [0.25, 0.3) is 0 Å². The van der Waals surface area contributed by atoms with Crippen molar-refractivity contribution in [1.82, 2.24) is 5.32 Å². The van der Waals surface area contributed by atoms with Crippen molar-refractivity contribution >= 4 is 22.6 Å². The summed E-state index contributed by atoms with van der Waals surface area (Å²) in [5.41, 5.74) is 2.17. The van der Waals surface area contributed by atoms with E-state index < -0.39 is 0 Å². The Hall–Kier alpha value is 0.430. The second kappa shape index (κ2) is 8.66. The lowest BCUT2D eigenvalue weighted by atomic mass is 9.73. The highest BCUT2D eigenvalue weighted by molar-refractivity contribution is 14.1. The summed E-state index contributed by atoms with van der Waals surface area (Å²) in [5, 5.41) is 3.43. The Morgan fingerprint density at radius 3 is 2.47 bits per heavy atom. The third-order valence-electron chi connectivity index (χ3n) is 4.97. The molecule has 1 aliphatic carbocycles. The molecule has 2 atom stereocenters. The fourth-order valence-corrected chi connectivity index (χ4v) is 4.17. The molecular weight excluding hydrogens is 345 g/mol. The molecule has 112 valence electrons. The lowest BCUT2D eigenvalue weighted by Crippen LogP contribution is -2.33. The van der Waals surface area contributed by atoms with Gasteiger partial charge in [0.15, 0.2) is 0 Å². The van der Waals surface area contributed by atoms with Crippen molar-refractivity contribution in [2.24, 2.45) is 11.3 Å². The summed E-state index contributed by atoms with van der Waals surface area (Å²) in [5.74, 6) is 0.853. The molecular formula is C17H32IN. The average molecular weight is 377 g/mol. The number of hydrogen-bond donors (Lipinski definition) is 1. The Labute approximate surface area is 134 Å². The van der Waals surface area contributed by atoms with Crippen LogP contribution in [0.5, 0.6) is 0 Å². The van der Waals surface area contributed by atoms with Crippen LogP contribution in [-0.4, -0.2) is 17.5 Å². The summed E-state index contributed by atoms with van der Waals surface area (Å²) in [7, 11) is 2.11. The van der Waals surface area contributed by atoms with Crippen molar-refractivity contribution in [2.45, 2.75) is 69.6 Å². The van der Waals surface area contributed by atoms with Gasteiger partial charge < -0.3 is 5.32 Å². The van der Waals surface area contributed by atoms with Crippen LogP contribution >= 0.6 is 22.6 Å². The molecule has 19 heavy (non-hydrogen) atoms. The van der Waals surface area contributed by atoms with Gasteiger partial charge >= 0.3 is 0 Å². The van der Waals surface area contributed by atoms with Crippen molar-refractivity contribution < 1.29 is 0 Å². The Balaban J connectivity index is 2.52. The van der Waals surface area contributed by atoms with E-state index in [2.05, 4.69) is 61.8 Å². The molecule has 0 aliphatic heterocycles. The van der Waals surface area contributed by atoms with Crippen LogP contribution in [0.15, 0.2) is 11.6 Å². The molecule has 0 radical (unpaired) electrons. The molecule has 2 heteroatoms. The lowest BCUT2D eigenvalue weighted by Gasteiger charge is -2.35. The molecule has 1 rings (SSSR count). The standard InChI is InChI=1S/C17H32IN/c1-5-8-14(2)16(18)10-9-15(13-19-4)17(3)11-6-7-12-17/h8,15-16,19H,5-7,9-13H2,1-4H3/b14-8+. The first-order valence-corrected chi connectivity index (χ1v) is 9.23. The lowest BCUT2D eigenvalue weighted by molar-refractivity contribution is 0.176. The van der Waals surface area contributed by atoms with Gasteiger partial charge in [0.2, 0.25) is 0 Å². The fourth-order valence-electron chi connectivity index (χ4n) is 3.56. The molecule has 0 amide bonds. The van der Waals surface area contributed by atoms with E-state index in [1.165, 1.54) is 51.5 Å². The number of rotatable bonds is 8. The van der Waals surface area contributed by atoms with Crippen LogP contribution in [0.4, 0.5) is 0 Å². The van der Waals surface area contributed by atoms with E-state index in [1.807, 2.05) is 0 Å². The van der Waals surface area contributed by atoms with Crippen LogP contribution < -0.4 is 5.32 Å². The summed E-state index contributed by atoms with van der Waals surface area (Å²) >= 11 is 2.63. The maximum absolute atomic E-state index is 3.43. The topological polar surface area (TPSA) is 12.0 Å². The summed E-state index contributed by atoms with van der Waals surface area (Å²) in [6.07, 6.45) is 12.0. The minimum Gasteiger partial charge on any atom is -0.319 e. The van der Waals surface area contributed by atoms with Gasteiger partial charge in [-0.1, -0.05) is 60.9 Å². The van der Waals surface area contributed by atoms with Crippen LogP contribution in [0.1, 0.15) is 65.7 Å². The summed E-state index contributed by atoms with van der Waals surface area (Å²) in [6.45, 7) is 8.25. The molecule has 0 spiro atoms. The first-order valence-electron chi connectivity index (χ1n) is 7.99. The third kappa shape index (κ3) is 5.37. The van der Waals surface area contributed by atoms with Gasteiger partial charge in [0, 0.05) is 3.92 Å². The molecule has 0 bridgehead atoms. The highest BCUT2D eigenvalue weighted by Crippen LogP contribution is 2.45. The maximum Gasteiger partial charge on any atom is 0.0316 e. The number of nitrogens with one attached hydrogen (secondary N) is 1. The molecule has 0 saturated heterocycles. The van der Waals surface area contributed by atoms with Crippen LogP contribution in [0.2, 0.25) is 0 Å². The average Bonchev–Trinajstić information content (AvgIpc) is 2.82. The van der Waals surface area contributed by atoms with Gasteiger partial charge in [0.1, 0.15) is 0 Å². The fraction of sp³-hybridized carbons (Fsp3) is 0.882. The van der Waals surface area contributed by atoms with Crippen LogP contribution in [0.25, 0.3) is 0 Å². The number of hydrogen-bond acceptors (Lipinski definition) is 1. The van der Waals surface area contributed by atoms with Gasteiger partial charge in [0.05, 0.1) is 0 Å². The maximum atomic E-state index is 3.43. The van der Waals surface area contributed by atoms with Crippen molar-refractivity contribution in [3.8, 4) is 0 Å². The van der Waals surface area contributed by atoms with E-state index in [0.717, 1.165) is 9.84 Å². The normalized spacial score (nSPS) is 22.5. The molecule has 0 heterocycles. The van der Waals surface area contributed by atoms with Gasteiger partial charge in [-0.2, -0.15) is 0 Å².